The van der Waals surface area contributed by atoms with Gasteiger partial charge in [0, 0.05) is 12.3 Å². The number of ketones is 1. The Morgan fingerprint density at radius 1 is 1.33 bits per heavy atom. The zero-order valence-corrected chi connectivity index (χ0v) is 8.31. The first-order valence-electron chi connectivity index (χ1n) is 5.23. The minimum Gasteiger partial charge on any atom is -0.299 e. The lowest BCUT2D eigenvalue weighted by atomic mass is 9.96. The number of rotatable bonds is 4. The Kier molecular flexibility index (Phi) is 3.77. The fourth-order valence-corrected chi connectivity index (χ4v) is 1.93. The van der Waals surface area contributed by atoms with Crippen molar-refractivity contribution in [2.24, 2.45) is 11.8 Å². The summed E-state index contributed by atoms with van der Waals surface area (Å²) in [4.78, 5) is 11.3. The molecule has 12 heavy (non-hydrogen) atoms. The first-order valence-corrected chi connectivity index (χ1v) is 5.23. The van der Waals surface area contributed by atoms with Crippen molar-refractivity contribution in [2.75, 3.05) is 0 Å². The highest BCUT2D eigenvalue weighted by molar-refractivity contribution is 5.80. The molecular formula is C11H20O. The zero-order chi connectivity index (χ0) is 8.97. The van der Waals surface area contributed by atoms with Gasteiger partial charge in [-0.05, 0) is 12.3 Å². The van der Waals surface area contributed by atoms with Crippen molar-refractivity contribution in [1.82, 2.24) is 0 Å². The molecule has 1 rings (SSSR count). The van der Waals surface area contributed by atoms with Gasteiger partial charge in [-0.25, -0.2) is 0 Å². The summed E-state index contributed by atoms with van der Waals surface area (Å²) >= 11 is 0. The molecule has 0 heterocycles. The summed E-state index contributed by atoms with van der Waals surface area (Å²) in [6.07, 6.45) is 7.48. The molecule has 0 spiro atoms. The summed E-state index contributed by atoms with van der Waals surface area (Å²) in [6.45, 7) is 3.99. The Balaban J connectivity index is 2.12. The molecule has 0 radical (unpaired) electrons. The topological polar surface area (TPSA) is 17.1 Å². The zero-order valence-electron chi connectivity index (χ0n) is 8.31. The molecule has 0 unspecified atom stereocenters. The van der Waals surface area contributed by atoms with Crippen LogP contribution in [0.2, 0.25) is 0 Å². The monoisotopic (exact) mass is 168 g/mol. The second-order valence-corrected chi connectivity index (χ2v) is 4.31. The van der Waals surface area contributed by atoms with E-state index >= 15 is 0 Å². The Bertz CT molecular complexity index is 143. The highest BCUT2D eigenvalue weighted by Gasteiger charge is 2.16. The van der Waals surface area contributed by atoms with Gasteiger partial charge in [0.15, 0.2) is 0 Å². The first-order chi connectivity index (χ1) is 5.70. The highest BCUT2D eigenvalue weighted by atomic mass is 16.1. The first kappa shape index (κ1) is 9.76. The van der Waals surface area contributed by atoms with Gasteiger partial charge in [0.2, 0.25) is 0 Å². The number of Topliss-reactive ketones (excluding diaryl/α,β-unsaturated/α-hetero) is 1. The lowest BCUT2D eigenvalue weighted by Gasteiger charge is -2.08. The summed E-state index contributed by atoms with van der Waals surface area (Å²) in [6, 6.07) is 0. The smallest absolute Gasteiger partial charge is 0.135 e. The maximum absolute atomic E-state index is 11.3. The van der Waals surface area contributed by atoms with Crippen molar-refractivity contribution >= 4 is 5.78 Å². The second kappa shape index (κ2) is 4.64. The van der Waals surface area contributed by atoms with Crippen molar-refractivity contribution in [3.63, 3.8) is 0 Å². The molecule has 1 fully saturated rings. The molecule has 0 saturated heterocycles. The molecular weight excluding hydrogens is 148 g/mol. The largest absolute Gasteiger partial charge is 0.299 e. The van der Waals surface area contributed by atoms with Gasteiger partial charge in [0.1, 0.15) is 5.78 Å². The summed E-state index contributed by atoms with van der Waals surface area (Å²) in [5, 5.41) is 0. The molecule has 1 heteroatoms. The maximum Gasteiger partial charge on any atom is 0.135 e. The molecule has 1 nitrogen and oxygen atoms in total. The number of carbonyl (C=O) groups excluding carboxylic acids is 1. The third-order valence-electron chi connectivity index (χ3n) is 2.92. The normalized spacial score (nSPS) is 18.9. The van der Waals surface area contributed by atoms with E-state index in [9.17, 15) is 4.79 Å². The highest BCUT2D eigenvalue weighted by Crippen LogP contribution is 2.28. The van der Waals surface area contributed by atoms with E-state index in [1.54, 1.807) is 0 Å². The van der Waals surface area contributed by atoms with Gasteiger partial charge in [0.25, 0.3) is 0 Å². The predicted molar refractivity (Wildman–Crippen MR) is 51.0 cm³/mol. The standard InChI is InChI=1S/C11H20O/c1-9(2)11(12)8-7-10-5-3-4-6-10/h9-10H,3-8H2,1-2H3. The van der Waals surface area contributed by atoms with Gasteiger partial charge in [-0.2, -0.15) is 0 Å². The van der Waals surface area contributed by atoms with Crippen LogP contribution in [0.4, 0.5) is 0 Å². The van der Waals surface area contributed by atoms with Crippen LogP contribution < -0.4 is 0 Å². The summed E-state index contributed by atoms with van der Waals surface area (Å²) < 4.78 is 0. The lowest BCUT2D eigenvalue weighted by molar-refractivity contribution is -0.122. The van der Waals surface area contributed by atoms with Gasteiger partial charge in [-0.15, -0.1) is 0 Å². The van der Waals surface area contributed by atoms with Crippen molar-refractivity contribution in [1.29, 1.82) is 0 Å². The summed E-state index contributed by atoms with van der Waals surface area (Å²) in [5.41, 5.74) is 0. The SMILES string of the molecule is CC(C)C(=O)CCC1CCCC1. The van der Waals surface area contributed by atoms with E-state index in [0.717, 1.165) is 18.8 Å². The molecule has 70 valence electrons. The molecule has 1 aliphatic rings. The van der Waals surface area contributed by atoms with Crippen LogP contribution in [-0.2, 0) is 4.79 Å². The van der Waals surface area contributed by atoms with Crippen molar-refractivity contribution in [3.8, 4) is 0 Å². The van der Waals surface area contributed by atoms with Gasteiger partial charge in [-0.1, -0.05) is 39.5 Å². The molecule has 0 bridgehead atoms. The Labute approximate surface area is 75.5 Å². The van der Waals surface area contributed by atoms with E-state index in [1.165, 1.54) is 25.7 Å². The minimum atomic E-state index is 0.242. The molecule has 0 atom stereocenters. The third kappa shape index (κ3) is 2.96. The fourth-order valence-electron chi connectivity index (χ4n) is 1.93. The van der Waals surface area contributed by atoms with E-state index in [4.69, 9.17) is 0 Å². The van der Waals surface area contributed by atoms with Crippen LogP contribution in [0.5, 0.6) is 0 Å². The molecule has 1 saturated carbocycles. The molecule has 0 aromatic rings. The van der Waals surface area contributed by atoms with E-state index in [1.807, 2.05) is 13.8 Å². The predicted octanol–water partition coefficient (Wildman–Crippen LogP) is 3.18. The van der Waals surface area contributed by atoms with Crippen LogP contribution in [0.15, 0.2) is 0 Å². The molecule has 1 aliphatic carbocycles. The van der Waals surface area contributed by atoms with Crippen LogP contribution in [-0.4, -0.2) is 5.78 Å². The quantitative estimate of drug-likeness (QED) is 0.630. The van der Waals surface area contributed by atoms with Gasteiger partial charge >= 0.3 is 0 Å². The number of hydrogen-bond donors (Lipinski definition) is 0. The van der Waals surface area contributed by atoms with Crippen LogP contribution >= 0.6 is 0 Å². The van der Waals surface area contributed by atoms with Crippen LogP contribution in [0.25, 0.3) is 0 Å². The number of carbonyl (C=O) groups is 1. The maximum atomic E-state index is 11.3. The number of hydrogen-bond acceptors (Lipinski definition) is 1. The molecule has 0 aromatic heterocycles. The molecule has 0 aliphatic heterocycles. The third-order valence-corrected chi connectivity index (χ3v) is 2.92. The van der Waals surface area contributed by atoms with Gasteiger partial charge in [-0.3, -0.25) is 4.79 Å². The van der Waals surface area contributed by atoms with Crippen LogP contribution in [0.3, 0.4) is 0 Å². The Hall–Kier alpha value is -0.330. The van der Waals surface area contributed by atoms with Crippen molar-refractivity contribution in [2.45, 2.75) is 52.4 Å². The van der Waals surface area contributed by atoms with Crippen molar-refractivity contribution in [3.05, 3.63) is 0 Å². The van der Waals surface area contributed by atoms with Gasteiger partial charge in [0.05, 0.1) is 0 Å². The van der Waals surface area contributed by atoms with Gasteiger partial charge < -0.3 is 0 Å². The fraction of sp³-hybridized carbons (Fsp3) is 0.909. The molecule has 0 N–H and O–H groups in total. The summed E-state index contributed by atoms with van der Waals surface area (Å²) in [5.74, 6) is 1.56. The van der Waals surface area contributed by atoms with Crippen LogP contribution in [0.1, 0.15) is 52.4 Å². The second-order valence-electron chi connectivity index (χ2n) is 4.31. The van der Waals surface area contributed by atoms with E-state index in [0.29, 0.717) is 5.78 Å². The van der Waals surface area contributed by atoms with E-state index < -0.39 is 0 Å². The Morgan fingerprint density at radius 2 is 1.92 bits per heavy atom. The average molecular weight is 168 g/mol. The van der Waals surface area contributed by atoms with E-state index in [2.05, 4.69) is 0 Å². The lowest BCUT2D eigenvalue weighted by Crippen LogP contribution is -2.08. The summed E-state index contributed by atoms with van der Waals surface area (Å²) in [7, 11) is 0. The average Bonchev–Trinajstić information content (AvgIpc) is 2.51. The molecule has 0 amide bonds. The minimum absolute atomic E-state index is 0.242. The molecule has 0 aromatic carbocycles. The van der Waals surface area contributed by atoms with Crippen molar-refractivity contribution < 1.29 is 4.79 Å². The van der Waals surface area contributed by atoms with Crippen LogP contribution in [0, 0.1) is 11.8 Å². The Morgan fingerprint density at radius 3 is 2.42 bits per heavy atom. The van der Waals surface area contributed by atoms with E-state index in [-0.39, 0.29) is 5.92 Å².